The smallest absolute Gasteiger partial charge is 0.322 e. The summed E-state index contributed by atoms with van der Waals surface area (Å²) in [6, 6.07) is -0.308. The molecule has 0 bridgehead atoms. The van der Waals surface area contributed by atoms with Crippen molar-refractivity contribution in [2.24, 2.45) is 5.92 Å². The average molecular weight is 453 g/mol. The highest BCUT2D eigenvalue weighted by molar-refractivity contribution is 7.36. The highest BCUT2D eigenvalue weighted by Gasteiger charge is 2.35. The van der Waals surface area contributed by atoms with Gasteiger partial charge in [-0.25, -0.2) is 10.1 Å². The Kier molecular flexibility index (Phi) is 6.42. The Bertz CT molecular complexity index is 982. The normalized spacial score (nSPS) is 25.5. The monoisotopic (exact) mass is 453 g/mol. The number of carbonyl (C=O) groups is 1. The second kappa shape index (κ2) is 9.07. The first kappa shape index (κ1) is 21.9. The van der Waals surface area contributed by atoms with Crippen LogP contribution in [-0.4, -0.2) is 57.4 Å². The van der Waals surface area contributed by atoms with Crippen LogP contribution in [0.2, 0.25) is 0 Å². The van der Waals surface area contributed by atoms with Crippen molar-refractivity contribution < 1.29 is 23.4 Å². The summed E-state index contributed by atoms with van der Waals surface area (Å²) in [5.41, 5.74) is 7.19. The average Bonchev–Trinajstić information content (AvgIpc) is 3.33. The number of methoxy groups -OCH3 is 1. The van der Waals surface area contributed by atoms with Crippen molar-refractivity contribution >= 4 is 37.1 Å². The summed E-state index contributed by atoms with van der Waals surface area (Å²) >= 11 is 0. The van der Waals surface area contributed by atoms with E-state index in [1.165, 1.54) is 7.11 Å². The fourth-order valence-corrected chi connectivity index (χ4v) is 4.52. The number of rotatable bonds is 9. The van der Waals surface area contributed by atoms with E-state index in [4.69, 9.17) is 15.0 Å². The molecular weight excluding hydrogens is 425 g/mol. The lowest BCUT2D eigenvalue weighted by atomic mass is 10.1. The van der Waals surface area contributed by atoms with E-state index in [1.807, 2.05) is 4.57 Å². The van der Waals surface area contributed by atoms with Crippen LogP contribution in [-0.2, 0) is 23.4 Å². The molecule has 2 aromatic heterocycles. The molecule has 2 aliphatic rings. The van der Waals surface area contributed by atoms with Crippen LogP contribution >= 0.6 is 8.18 Å². The van der Waals surface area contributed by atoms with Gasteiger partial charge in [-0.1, -0.05) is 6.92 Å². The molecule has 170 valence electrons. The fourth-order valence-electron chi connectivity index (χ4n) is 3.63. The van der Waals surface area contributed by atoms with Gasteiger partial charge in [0, 0.05) is 12.0 Å². The molecule has 31 heavy (non-hydrogen) atoms. The predicted octanol–water partition coefficient (Wildman–Crippen LogP) is 1.46. The number of fused-ring (bicyclic) bond motifs is 1. The highest BCUT2D eigenvalue weighted by Crippen LogP contribution is 2.37. The molecule has 4 N–H and O–H groups in total. The van der Waals surface area contributed by atoms with E-state index in [0.29, 0.717) is 29.4 Å². The standard InChI is InChI=1S/C18H28N7O5P/c1-9-6-12(7-29-31(27)24-10(2)17(26)28-3)30-16(9)25-8-20-13-14(21-11-4-5-11)22-18(19)23-15(13)25/h8-12,16,31H,4-7H2,1-3H3,(H,24,27)(H3,19,21,22,23)/t9-,10+,12-,16+/m0/s1. The largest absolute Gasteiger partial charge is 0.468 e. The Hall–Kier alpha value is -2.27. The van der Waals surface area contributed by atoms with Gasteiger partial charge < -0.3 is 25.0 Å². The van der Waals surface area contributed by atoms with Gasteiger partial charge in [0.1, 0.15) is 12.3 Å². The third-order valence-electron chi connectivity index (χ3n) is 5.37. The molecule has 12 nitrogen and oxygen atoms in total. The first-order valence-electron chi connectivity index (χ1n) is 10.3. The van der Waals surface area contributed by atoms with E-state index in [2.05, 4.69) is 37.0 Å². The Labute approximate surface area is 180 Å². The van der Waals surface area contributed by atoms with Crippen molar-refractivity contribution in [3.8, 4) is 0 Å². The summed E-state index contributed by atoms with van der Waals surface area (Å²) in [6.45, 7) is 3.76. The number of esters is 1. The summed E-state index contributed by atoms with van der Waals surface area (Å²) in [4.78, 5) is 24.6. The molecule has 2 aromatic rings. The van der Waals surface area contributed by atoms with Crippen LogP contribution in [0, 0.1) is 5.92 Å². The molecule has 0 amide bonds. The molecule has 1 aliphatic carbocycles. The van der Waals surface area contributed by atoms with Gasteiger partial charge in [-0.3, -0.25) is 13.9 Å². The summed E-state index contributed by atoms with van der Waals surface area (Å²) in [7, 11) is -1.34. The predicted molar refractivity (Wildman–Crippen MR) is 114 cm³/mol. The Morgan fingerprint density at radius 1 is 1.45 bits per heavy atom. The lowest BCUT2D eigenvalue weighted by molar-refractivity contribution is -0.142. The number of nitrogens with two attached hydrogens (primary N) is 1. The minimum atomic E-state index is -2.61. The number of imidazole rings is 1. The van der Waals surface area contributed by atoms with Crippen molar-refractivity contribution in [2.45, 2.75) is 57.5 Å². The second-order valence-corrected chi connectivity index (χ2v) is 9.17. The van der Waals surface area contributed by atoms with Crippen LogP contribution in [0.15, 0.2) is 6.33 Å². The third-order valence-corrected chi connectivity index (χ3v) is 6.47. The first-order valence-corrected chi connectivity index (χ1v) is 11.6. The lowest BCUT2D eigenvalue weighted by Crippen LogP contribution is -2.30. The van der Waals surface area contributed by atoms with E-state index < -0.39 is 20.2 Å². The number of carbonyl (C=O) groups excluding carboxylic acids is 1. The molecule has 0 spiro atoms. The van der Waals surface area contributed by atoms with Gasteiger partial charge in [-0.05, 0) is 26.2 Å². The molecule has 3 heterocycles. The van der Waals surface area contributed by atoms with Crippen molar-refractivity contribution in [1.82, 2.24) is 24.6 Å². The van der Waals surface area contributed by atoms with Gasteiger partial charge in [-0.2, -0.15) is 9.97 Å². The van der Waals surface area contributed by atoms with E-state index in [-0.39, 0.29) is 30.8 Å². The van der Waals surface area contributed by atoms with Gasteiger partial charge >= 0.3 is 5.97 Å². The first-order chi connectivity index (χ1) is 14.9. The van der Waals surface area contributed by atoms with Crippen LogP contribution < -0.4 is 16.1 Å². The Morgan fingerprint density at radius 2 is 2.23 bits per heavy atom. The van der Waals surface area contributed by atoms with E-state index in [1.54, 1.807) is 13.3 Å². The number of nitrogens with zero attached hydrogens (tertiary/aromatic N) is 4. The van der Waals surface area contributed by atoms with Crippen molar-refractivity contribution in [3.63, 3.8) is 0 Å². The van der Waals surface area contributed by atoms with Crippen LogP contribution in [0.3, 0.4) is 0 Å². The van der Waals surface area contributed by atoms with Crippen LogP contribution in [0.4, 0.5) is 11.8 Å². The number of nitrogen functional groups attached to an aromatic ring is 1. The molecule has 1 saturated carbocycles. The minimum Gasteiger partial charge on any atom is -0.468 e. The lowest BCUT2D eigenvalue weighted by Gasteiger charge is -2.18. The SMILES string of the molecule is COC(=O)[C@@H](C)N[PH](=O)OC[C@@H]1C[C@H](C)[C@H](n2cnc3c(NC4CC4)nc(N)nc32)O1. The zero-order valence-corrected chi connectivity index (χ0v) is 18.7. The molecule has 5 atom stereocenters. The topological polar surface area (TPSA) is 156 Å². The van der Waals surface area contributed by atoms with Crippen LogP contribution in [0.1, 0.15) is 39.3 Å². The van der Waals surface area contributed by atoms with E-state index in [0.717, 1.165) is 12.8 Å². The second-order valence-electron chi connectivity index (χ2n) is 8.02. The zero-order valence-electron chi connectivity index (χ0n) is 17.7. The summed E-state index contributed by atoms with van der Waals surface area (Å²) in [5, 5.41) is 5.95. The van der Waals surface area contributed by atoms with Crippen LogP contribution in [0.25, 0.3) is 11.2 Å². The number of aromatic nitrogens is 4. The molecule has 1 saturated heterocycles. The number of hydrogen-bond acceptors (Lipinski definition) is 10. The number of hydrogen-bond donors (Lipinski definition) is 3. The van der Waals surface area contributed by atoms with Crippen LogP contribution in [0.5, 0.6) is 0 Å². The summed E-state index contributed by atoms with van der Waals surface area (Å²) < 4.78 is 30.1. The molecule has 2 fully saturated rings. The quantitative estimate of drug-likeness (QED) is 0.373. The molecule has 4 rings (SSSR count). The Balaban J connectivity index is 1.41. The maximum atomic E-state index is 12.1. The molecule has 13 heteroatoms. The zero-order chi connectivity index (χ0) is 22.1. The Morgan fingerprint density at radius 3 is 2.94 bits per heavy atom. The maximum absolute atomic E-state index is 12.1. The van der Waals surface area contributed by atoms with E-state index >= 15 is 0 Å². The minimum absolute atomic E-state index is 0.137. The molecule has 1 aliphatic heterocycles. The molecule has 0 radical (unpaired) electrons. The summed E-state index contributed by atoms with van der Waals surface area (Å²) in [5.74, 6) is 0.453. The summed E-state index contributed by atoms with van der Waals surface area (Å²) in [6.07, 6.45) is 4.03. The maximum Gasteiger partial charge on any atom is 0.322 e. The van der Waals surface area contributed by atoms with E-state index in [9.17, 15) is 9.36 Å². The third kappa shape index (κ3) is 4.98. The molecule has 1 unspecified atom stereocenters. The number of anilines is 2. The van der Waals surface area contributed by atoms with Gasteiger partial charge in [0.15, 0.2) is 17.0 Å². The highest BCUT2D eigenvalue weighted by atomic mass is 31.1. The van der Waals surface area contributed by atoms with Crippen molar-refractivity contribution in [2.75, 3.05) is 24.8 Å². The van der Waals surface area contributed by atoms with Crippen molar-refractivity contribution in [3.05, 3.63) is 6.33 Å². The number of nitrogens with one attached hydrogen (secondary N) is 2. The molecular formula is C18H28N7O5P. The van der Waals surface area contributed by atoms with Gasteiger partial charge in [0.2, 0.25) is 5.95 Å². The van der Waals surface area contributed by atoms with Crippen molar-refractivity contribution in [1.29, 1.82) is 0 Å². The van der Waals surface area contributed by atoms with Gasteiger partial charge in [0.25, 0.3) is 8.18 Å². The fraction of sp³-hybridized carbons (Fsp3) is 0.667. The van der Waals surface area contributed by atoms with Gasteiger partial charge in [-0.15, -0.1) is 0 Å². The number of ether oxygens (including phenoxy) is 2. The molecule has 0 aromatic carbocycles. The van der Waals surface area contributed by atoms with Gasteiger partial charge in [0.05, 0.1) is 26.1 Å².